The van der Waals surface area contributed by atoms with E-state index in [-0.39, 0.29) is 11.5 Å². The van der Waals surface area contributed by atoms with Crippen molar-refractivity contribution in [2.24, 2.45) is 7.05 Å². The third kappa shape index (κ3) is 0.966. The molecule has 66 valence electrons. The van der Waals surface area contributed by atoms with Crippen LogP contribution in [0.5, 0.6) is 0 Å². The number of aromatic nitrogens is 2. The lowest BCUT2D eigenvalue weighted by Gasteiger charge is -2.15. The maximum atomic E-state index is 9.56. The van der Waals surface area contributed by atoms with Gasteiger partial charge in [0.15, 0.2) is 0 Å². The Bertz CT molecular complexity index is 286. The van der Waals surface area contributed by atoms with E-state index in [4.69, 9.17) is 0 Å². The molecule has 0 radical (unpaired) electrons. The average Bonchev–Trinajstić information content (AvgIpc) is 2.71. The molecule has 0 saturated heterocycles. The van der Waals surface area contributed by atoms with Crippen molar-refractivity contribution in [2.45, 2.75) is 31.3 Å². The van der Waals surface area contributed by atoms with Crippen molar-refractivity contribution in [3.05, 3.63) is 18.2 Å². The highest BCUT2D eigenvalue weighted by Gasteiger charge is 2.50. The van der Waals surface area contributed by atoms with E-state index in [1.54, 1.807) is 6.33 Å². The molecule has 1 aliphatic carbocycles. The highest BCUT2D eigenvalue weighted by molar-refractivity contribution is 5.24. The lowest BCUT2D eigenvalue weighted by Crippen LogP contribution is -2.22. The molecule has 2 rings (SSSR count). The van der Waals surface area contributed by atoms with Crippen molar-refractivity contribution in [3.8, 4) is 0 Å². The Morgan fingerprint density at radius 1 is 1.67 bits per heavy atom. The van der Waals surface area contributed by atoms with E-state index >= 15 is 0 Å². The van der Waals surface area contributed by atoms with E-state index in [0.29, 0.717) is 0 Å². The Morgan fingerprint density at radius 2 is 2.33 bits per heavy atom. The number of imidazole rings is 1. The Balaban J connectivity index is 2.30. The summed E-state index contributed by atoms with van der Waals surface area (Å²) in [5, 5.41) is 9.56. The van der Waals surface area contributed by atoms with E-state index in [1.165, 1.54) is 0 Å². The molecule has 1 fully saturated rings. The van der Waals surface area contributed by atoms with Crippen molar-refractivity contribution in [3.63, 3.8) is 0 Å². The van der Waals surface area contributed by atoms with Crippen LogP contribution in [0.3, 0.4) is 0 Å². The van der Waals surface area contributed by atoms with Gasteiger partial charge in [0.05, 0.1) is 18.1 Å². The maximum Gasteiger partial charge on any atom is 0.0947 e. The first-order valence-electron chi connectivity index (χ1n) is 4.32. The number of aryl methyl sites for hydroxylation is 1. The van der Waals surface area contributed by atoms with Crippen molar-refractivity contribution in [1.29, 1.82) is 0 Å². The molecular weight excluding hydrogens is 152 g/mol. The molecule has 0 amide bonds. The third-order valence-electron chi connectivity index (χ3n) is 2.80. The maximum absolute atomic E-state index is 9.56. The van der Waals surface area contributed by atoms with Crippen LogP contribution in [0.2, 0.25) is 0 Å². The summed E-state index contributed by atoms with van der Waals surface area (Å²) in [6.07, 6.45) is 5.66. The molecule has 3 heteroatoms. The molecule has 3 nitrogen and oxygen atoms in total. The van der Waals surface area contributed by atoms with Crippen LogP contribution in [0, 0.1) is 0 Å². The molecule has 0 aliphatic heterocycles. The quantitative estimate of drug-likeness (QED) is 0.706. The van der Waals surface area contributed by atoms with Crippen LogP contribution in [-0.4, -0.2) is 20.8 Å². The first kappa shape index (κ1) is 7.80. The number of rotatable bonds is 2. The van der Waals surface area contributed by atoms with Gasteiger partial charge in [-0.2, -0.15) is 0 Å². The number of aliphatic hydroxyl groups is 1. The van der Waals surface area contributed by atoms with Gasteiger partial charge in [0.2, 0.25) is 0 Å². The Morgan fingerprint density at radius 3 is 2.67 bits per heavy atom. The first-order chi connectivity index (χ1) is 5.65. The van der Waals surface area contributed by atoms with Crippen LogP contribution >= 0.6 is 0 Å². The molecule has 0 bridgehead atoms. The molecule has 1 aliphatic rings. The van der Waals surface area contributed by atoms with E-state index in [2.05, 4.69) is 4.98 Å². The molecule has 0 aromatic carbocycles. The van der Waals surface area contributed by atoms with Crippen LogP contribution in [0.4, 0.5) is 0 Å². The molecule has 1 heterocycles. The molecule has 1 aromatic rings. The normalized spacial score (nSPS) is 22.2. The zero-order valence-electron chi connectivity index (χ0n) is 7.49. The second-order valence-corrected chi connectivity index (χ2v) is 3.76. The van der Waals surface area contributed by atoms with E-state index in [9.17, 15) is 5.11 Å². The minimum absolute atomic E-state index is 0.0126. The molecule has 1 aromatic heterocycles. The number of hydrogen-bond acceptors (Lipinski definition) is 2. The number of hydrogen-bond donors (Lipinski definition) is 1. The summed E-state index contributed by atoms with van der Waals surface area (Å²) in [5.41, 5.74) is 1.03. The standard InChI is InChI=1S/C9H14N2O/c1-7(12)9(3-4-9)8-5-11(2)6-10-8/h5-7,12H,3-4H2,1-2H3. The highest BCUT2D eigenvalue weighted by atomic mass is 16.3. The topological polar surface area (TPSA) is 38.0 Å². The van der Waals surface area contributed by atoms with Gasteiger partial charge in [0, 0.05) is 18.7 Å². The zero-order chi connectivity index (χ0) is 8.77. The van der Waals surface area contributed by atoms with Gasteiger partial charge in [-0.05, 0) is 19.8 Å². The second-order valence-electron chi connectivity index (χ2n) is 3.76. The SMILES string of the molecule is CC(O)C1(c2cn(C)cn2)CC1. The summed E-state index contributed by atoms with van der Waals surface area (Å²) in [5.74, 6) is 0. The van der Waals surface area contributed by atoms with Gasteiger partial charge in [-0.25, -0.2) is 4.98 Å². The van der Waals surface area contributed by atoms with Gasteiger partial charge in [-0.3, -0.25) is 0 Å². The van der Waals surface area contributed by atoms with Gasteiger partial charge in [0.25, 0.3) is 0 Å². The van der Waals surface area contributed by atoms with Gasteiger partial charge in [0.1, 0.15) is 0 Å². The Hall–Kier alpha value is -0.830. The smallest absolute Gasteiger partial charge is 0.0947 e. The molecule has 0 spiro atoms. The summed E-state index contributed by atoms with van der Waals surface area (Å²) in [7, 11) is 1.95. The van der Waals surface area contributed by atoms with E-state index in [0.717, 1.165) is 18.5 Å². The second kappa shape index (κ2) is 2.33. The van der Waals surface area contributed by atoms with Crippen LogP contribution in [0.1, 0.15) is 25.5 Å². The summed E-state index contributed by atoms with van der Waals surface area (Å²) >= 11 is 0. The average molecular weight is 166 g/mol. The molecular formula is C9H14N2O. The highest BCUT2D eigenvalue weighted by Crippen LogP contribution is 2.49. The van der Waals surface area contributed by atoms with Gasteiger partial charge in [-0.15, -0.1) is 0 Å². The molecule has 1 N–H and O–H groups in total. The van der Waals surface area contributed by atoms with E-state index in [1.807, 2.05) is 24.7 Å². The van der Waals surface area contributed by atoms with Crippen molar-refractivity contribution in [2.75, 3.05) is 0 Å². The minimum atomic E-state index is -0.271. The van der Waals surface area contributed by atoms with Crippen molar-refractivity contribution in [1.82, 2.24) is 9.55 Å². The first-order valence-corrected chi connectivity index (χ1v) is 4.32. The summed E-state index contributed by atoms with van der Waals surface area (Å²) < 4.78 is 1.93. The van der Waals surface area contributed by atoms with Crippen molar-refractivity contribution < 1.29 is 5.11 Å². The molecule has 1 atom stereocenters. The molecule has 1 saturated carbocycles. The van der Waals surface area contributed by atoms with Gasteiger partial charge < -0.3 is 9.67 Å². The van der Waals surface area contributed by atoms with Gasteiger partial charge in [-0.1, -0.05) is 0 Å². The lowest BCUT2D eigenvalue weighted by atomic mass is 9.97. The van der Waals surface area contributed by atoms with Gasteiger partial charge >= 0.3 is 0 Å². The lowest BCUT2D eigenvalue weighted by molar-refractivity contribution is 0.149. The molecule has 12 heavy (non-hydrogen) atoms. The fourth-order valence-corrected chi connectivity index (χ4v) is 1.69. The van der Waals surface area contributed by atoms with Crippen LogP contribution < -0.4 is 0 Å². The Kier molecular flexibility index (Phi) is 1.51. The Labute approximate surface area is 72.0 Å². The zero-order valence-corrected chi connectivity index (χ0v) is 7.49. The fraction of sp³-hybridized carbons (Fsp3) is 0.667. The monoisotopic (exact) mass is 166 g/mol. The number of nitrogens with zero attached hydrogens (tertiary/aromatic N) is 2. The predicted molar refractivity (Wildman–Crippen MR) is 45.8 cm³/mol. The summed E-state index contributed by atoms with van der Waals surface area (Å²) in [4.78, 5) is 4.27. The van der Waals surface area contributed by atoms with Crippen LogP contribution in [0.25, 0.3) is 0 Å². The summed E-state index contributed by atoms with van der Waals surface area (Å²) in [6, 6.07) is 0. The largest absolute Gasteiger partial charge is 0.392 e. The third-order valence-corrected chi connectivity index (χ3v) is 2.80. The fourth-order valence-electron chi connectivity index (χ4n) is 1.69. The number of aliphatic hydroxyl groups excluding tert-OH is 1. The van der Waals surface area contributed by atoms with Crippen LogP contribution in [0.15, 0.2) is 12.5 Å². The summed E-state index contributed by atoms with van der Waals surface area (Å²) in [6.45, 7) is 1.85. The predicted octanol–water partition coefficient (Wildman–Crippen LogP) is 0.833. The minimum Gasteiger partial charge on any atom is -0.392 e. The van der Waals surface area contributed by atoms with E-state index < -0.39 is 0 Å². The van der Waals surface area contributed by atoms with Crippen molar-refractivity contribution >= 4 is 0 Å². The van der Waals surface area contributed by atoms with Crippen LogP contribution in [-0.2, 0) is 12.5 Å². The molecule has 1 unspecified atom stereocenters.